The Morgan fingerprint density at radius 1 is 0.792 bits per heavy atom. The summed E-state index contributed by atoms with van der Waals surface area (Å²) in [7, 11) is 0. The van der Waals surface area contributed by atoms with E-state index >= 15 is 0 Å². The smallest absolute Gasteiger partial charge is 0.166 e. The highest BCUT2D eigenvalue weighted by molar-refractivity contribution is 5.65. The summed E-state index contributed by atoms with van der Waals surface area (Å²) in [4.78, 5) is 0. The summed E-state index contributed by atoms with van der Waals surface area (Å²) in [5.74, 6) is -1.03. The molecule has 0 amide bonds. The third kappa shape index (κ3) is 5.43. The molecule has 0 aliphatic rings. The molecule has 0 radical (unpaired) electrons. The Hall–Kier alpha value is -1.70. The van der Waals surface area contributed by atoms with Crippen LogP contribution >= 0.6 is 0 Å². The van der Waals surface area contributed by atoms with Crippen LogP contribution < -0.4 is 0 Å². The lowest BCUT2D eigenvalue weighted by Gasteiger charge is -2.12. The lowest BCUT2D eigenvalue weighted by molar-refractivity contribution is 0.505. The van der Waals surface area contributed by atoms with Gasteiger partial charge in [-0.15, -0.1) is 0 Å². The lowest BCUT2D eigenvalue weighted by Crippen LogP contribution is -1.95. The van der Waals surface area contributed by atoms with Gasteiger partial charge in [0.1, 0.15) is 0 Å². The summed E-state index contributed by atoms with van der Waals surface area (Å²) < 4.78 is 27.6. The van der Waals surface area contributed by atoms with Crippen LogP contribution in [0.15, 0.2) is 36.4 Å². The van der Waals surface area contributed by atoms with E-state index in [1.165, 1.54) is 18.4 Å². The molecule has 2 aromatic carbocycles. The summed E-state index contributed by atoms with van der Waals surface area (Å²) in [5.41, 5.74) is 2.61. The fourth-order valence-electron chi connectivity index (χ4n) is 2.46. The highest BCUT2D eigenvalue weighted by atomic mass is 19.2. The number of rotatable bonds is 5. The van der Waals surface area contributed by atoms with Gasteiger partial charge in [0.2, 0.25) is 0 Å². The van der Waals surface area contributed by atoms with Crippen molar-refractivity contribution in [2.75, 3.05) is 0 Å². The molecule has 0 saturated heterocycles. The Kier molecular flexibility index (Phi) is 8.67. The van der Waals surface area contributed by atoms with Gasteiger partial charge in [-0.05, 0) is 36.0 Å². The normalized spacial score (nSPS) is 11.6. The molecule has 132 valence electrons. The topological polar surface area (TPSA) is 0 Å². The molecule has 2 rings (SSSR count). The van der Waals surface area contributed by atoms with Gasteiger partial charge in [-0.2, -0.15) is 0 Å². The minimum Gasteiger partial charge on any atom is -0.203 e. The quantitative estimate of drug-likeness (QED) is 0.527. The fraction of sp³-hybridized carbons (Fsp3) is 0.455. The van der Waals surface area contributed by atoms with Gasteiger partial charge in [0.05, 0.1) is 0 Å². The molecular weight excluding hydrogens is 302 g/mol. The van der Waals surface area contributed by atoms with Crippen LogP contribution in [0.2, 0.25) is 0 Å². The summed E-state index contributed by atoms with van der Waals surface area (Å²) in [5, 5.41) is 0. The van der Waals surface area contributed by atoms with E-state index in [1.807, 2.05) is 24.3 Å². The van der Waals surface area contributed by atoms with Crippen LogP contribution in [0.1, 0.15) is 70.4 Å². The lowest BCUT2D eigenvalue weighted by atomic mass is 9.94. The van der Waals surface area contributed by atoms with E-state index in [2.05, 4.69) is 27.7 Å². The van der Waals surface area contributed by atoms with Crippen molar-refractivity contribution in [3.05, 3.63) is 59.2 Å². The van der Waals surface area contributed by atoms with E-state index in [1.54, 1.807) is 19.1 Å². The summed E-state index contributed by atoms with van der Waals surface area (Å²) in [6, 6.07) is 11.0. The maximum absolute atomic E-state index is 14.0. The molecule has 0 fully saturated rings. The van der Waals surface area contributed by atoms with E-state index in [0.717, 1.165) is 12.8 Å². The second-order valence-electron chi connectivity index (χ2n) is 6.37. The van der Waals surface area contributed by atoms with E-state index in [0.29, 0.717) is 22.6 Å². The first-order chi connectivity index (χ1) is 11.5. The Morgan fingerprint density at radius 3 is 1.88 bits per heavy atom. The largest absolute Gasteiger partial charge is 0.203 e. The first-order valence-corrected chi connectivity index (χ1v) is 9.01. The molecule has 0 aliphatic heterocycles. The number of halogens is 2. The van der Waals surface area contributed by atoms with Gasteiger partial charge in [0.15, 0.2) is 11.6 Å². The van der Waals surface area contributed by atoms with Crippen molar-refractivity contribution in [1.82, 2.24) is 0 Å². The Morgan fingerprint density at radius 2 is 1.38 bits per heavy atom. The molecule has 0 aromatic heterocycles. The molecule has 0 heterocycles. The first-order valence-electron chi connectivity index (χ1n) is 9.01. The average Bonchev–Trinajstić information content (AvgIpc) is 2.60. The van der Waals surface area contributed by atoms with Gasteiger partial charge in [-0.3, -0.25) is 0 Å². The molecule has 0 bridgehead atoms. The van der Waals surface area contributed by atoms with Gasteiger partial charge >= 0.3 is 0 Å². The van der Waals surface area contributed by atoms with Crippen LogP contribution in [-0.4, -0.2) is 0 Å². The van der Waals surface area contributed by atoms with Gasteiger partial charge in [-0.1, -0.05) is 83.4 Å². The molecule has 0 spiro atoms. The Bertz CT molecular complexity index is 613. The Labute approximate surface area is 145 Å². The van der Waals surface area contributed by atoms with E-state index in [-0.39, 0.29) is 0 Å². The van der Waals surface area contributed by atoms with E-state index in [9.17, 15) is 8.78 Å². The predicted octanol–water partition coefficient (Wildman–Crippen LogP) is 7.65. The zero-order chi connectivity index (χ0) is 18.1. The highest BCUT2D eigenvalue weighted by Gasteiger charge is 2.13. The molecule has 0 nitrogen and oxygen atoms in total. The molecule has 0 N–H and O–H groups in total. The second kappa shape index (κ2) is 10.2. The fourth-order valence-corrected chi connectivity index (χ4v) is 2.46. The molecule has 1 unspecified atom stereocenters. The molecule has 0 aliphatic carbocycles. The summed E-state index contributed by atoms with van der Waals surface area (Å²) >= 11 is 0. The Balaban J connectivity index is 0.000000648. The van der Waals surface area contributed by atoms with Crippen molar-refractivity contribution in [2.45, 2.75) is 66.2 Å². The molecule has 1 atom stereocenters. The van der Waals surface area contributed by atoms with Gasteiger partial charge in [0, 0.05) is 5.56 Å². The molecular formula is C22H30F2. The van der Waals surface area contributed by atoms with Crippen molar-refractivity contribution in [3.63, 3.8) is 0 Å². The maximum atomic E-state index is 14.0. The minimum absolute atomic E-state index is 0.322. The van der Waals surface area contributed by atoms with Crippen molar-refractivity contribution in [1.29, 1.82) is 0 Å². The van der Waals surface area contributed by atoms with Crippen molar-refractivity contribution in [2.24, 2.45) is 0 Å². The first kappa shape index (κ1) is 20.3. The van der Waals surface area contributed by atoms with Crippen LogP contribution in [0.25, 0.3) is 11.1 Å². The SMILES string of the molecule is CCCC.CCCC(C)c1ccc(-c2ccc(C)c(F)c2F)cc1. The molecule has 2 aromatic rings. The second-order valence-corrected chi connectivity index (χ2v) is 6.37. The molecule has 2 heteroatoms. The van der Waals surface area contributed by atoms with Crippen molar-refractivity contribution in [3.8, 4) is 11.1 Å². The van der Waals surface area contributed by atoms with Crippen LogP contribution in [0.3, 0.4) is 0 Å². The highest BCUT2D eigenvalue weighted by Crippen LogP contribution is 2.28. The number of benzene rings is 2. The summed E-state index contributed by atoms with van der Waals surface area (Å²) in [6.45, 7) is 10.3. The summed E-state index contributed by atoms with van der Waals surface area (Å²) in [6.07, 6.45) is 4.91. The number of unbranched alkanes of at least 4 members (excludes halogenated alkanes) is 1. The molecule has 24 heavy (non-hydrogen) atoms. The van der Waals surface area contributed by atoms with Gasteiger partial charge < -0.3 is 0 Å². The zero-order valence-corrected chi connectivity index (χ0v) is 15.6. The average molecular weight is 332 g/mol. The predicted molar refractivity (Wildman–Crippen MR) is 100 cm³/mol. The minimum atomic E-state index is -0.764. The monoisotopic (exact) mass is 332 g/mol. The van der Waals surface area contributed by atoms with E-state index < -0.39 is 11.6 Å². The number of aryl methyl sites for hydroxylation is 1. The zero-order valence-electron chi connectivity index (χ0n) is 15.6. The van der Waals surface area contributed by atoms with Crippen molar-refractivity contribution < 1.29 is 8.78 Å². The van der Waals surface area contributed by atoms with Gasteiger partial charge in [0.25, 0.3) is 0 Å². The van der Waals surface area contributed by atoms with E-state index in [4.69, 9.17) is 0 Å². The third-order valence-corrected chi connectivity index (χ3v) is 4.29. The van der Waals surface area contributed by atoms with Crippen LogP contribution in [0.5, 0.6) is 0 Å². The van der Waals surface area contributed by atoms with Crippen molar-refractivity contribution >= 4 is 0 Å². The van der Waals surface area contributed by atoms with Crippen LogP contribution in [0, 0.1) is 18.6 Å². The van der Waals surface area contributed by atoms with Crippen LogP contribution in [-0.2, 0) is 0 Å². The standard InChI is InChI=1S/C18H20F2.C4H10/c1-4-5-12(2)14-7-9-15(10-8-14)16-11-6-13(3)17(19)18(16)20;1-3-4-2/h6-12H,4-5H2,1-3H3;3-4H2,1-2H3. The van der Waals surface area contributed by atoms with Crippen LogP contribution in [0.4, 0.5) is 8.78 Å². The number of hydrogen-bond donors (Lipinski definition) is 0. The maximum Gasteiger partial charge on any atom is 0.166 e. The molecule has 0 saturated carbocycles. The number of hydrogen-bond acceptors (Lipinski definition) is 0. The van der Waals surface area contributed by atoms with Gasteiger partial charge in [-0.25, -0.2) is 8.78 Å². The third-order valence-electron chi connectivity index (χ3n) is 4.29.